The first-order valence-electron chi connectivity index (χ1n) is 7.15. The molecule has 3 N–H and O–H groups in total. The Kier molecular flexibility index (Phi) is 5.41. The molecule has 1 aromatic carbocycles. The summed E-state index contributed by atoms with van der Waals surface area (Å²) in [6.07, 6.45) is 0.276. The van der Waals surface area contributed by atoms with Gasteiger partial charge in [-0.2, -0.15) is 0 Å². The van der Waals surface area contributed by atoms with Crippen molar-refractivity contribution in [1.82, 2.24) is 5.32 Å². The molecule has 0 bridgehead atoms. The monoisotopic (exact) mass is 295 g/mol. The van der Waals surface area contributed by atoms with Crippen molar-refractivity contribution in [2.24, 2.45) is 0 Å². The number of fused-ring (bicyclic) bond motifs is 1. The Balaban J connectivity index is 1.88. The van der Waals surface area contributed by atoms with Gasteiger partial charge in [0.15, 0.2) is 11.5 Å². The molecular formula is C15H21NO5. The van der Waals surface area contributed by atoms with Crippen LogP contribution in [0.2, 0.25) is 0 Å². The van der Waals surface area contributed by atoms with E-state index >= 15 is 0 Å². The maximum atomic E-state index is 10.9. The smallest absolute Gasteiger partial charge is 0.320 e. The molecule has 0 saturated carbocycles. The second kappa shape index (κ2) is 7.28. The van der Waals surface area contributed by atoms with E-state index in [-0.39, 0.29) is 0 Å². The summed E-state index contributed by atoms with van der Waals surface area (Å²) in [5.74, 6) is 0.460. The number of hydrogen-bond acceptors (Lipinski definition) is 5. The van der Waals surface area contributed by atoms with Crippen LogP contribution in [-0.2, 0) is 4.79 Å². The molecule has 0 radical (unpaired) electrons. The topological polar surface area (TPSA) is 88.0 Å². The van der Waals surface area contributed by atoms with Crippen molar-refractivity contribution in [3.8, 4) is 11.5 Å². The molecule has 1 aliphatic rings. The summed E-state index contributed by atoms with van der Waals surface area (Å²) >= 11 is 0. The van der Waals surface area contributed by atoms with Gasteiger partial charge >= 0.3 is 5.97 Å². The maximum Gasteiger partial charge on any atom is 0.320 e. The molecule has 2 atom stereocenters. The fourth-order valence-electron chi connectivity index (χ4n) is 2.23. The standard InChI is InChI=1S/C15H21NO5/c1-2-11(15(18)19)16-6-5-12(17)10-3-4-13-14(9-10)21-8-7-20-13/h3-4,9,11-12,16-17H,2,5-8H2,1H3,(H,18,19). The quantitative estimate of drug-likeness (QED) is 0.703. The predicted octanol–water partition coefficient (Wildman–Crippen LogP) is 1.33. The zero-order valence-corrected chi connectivity index (χ0v) is 12.0. The molecule has 6 nitrogen and oxygen atoms in total. The summed E-state index contributed by atoms with van der Waals surface area (Å²) in [4.78, 5) is 10.9. The average Bonchev–Trinajstić information content (AvgIpc) is 2.50. The first kappa shape index (κ1) is 15.6. The van der Waals surface area contributed by atoms with Crippen molar-refractivity contribution in [2.45, 2.75) is 31.9 Å². The molecule has 0 fully saturated rings. The Bertz CT molecular complexity index is 491. The van der Waals surface area contributed by atoms with Crippen LogP contribution in [0.25, 0.3) is 0 Å². The number of aliphatic carboxylic acids is 1. The van der Waals surface area contributed by atoms with Crippen LogP contribution < -0.4 is 14.8 Å². The van der Waals surface area contributed by atoms with Crippen LogP contribution in [0.15, 0.2) is 18.2 Å². The molecule has 0 amide bonds. The lowest BCUT2D eigenvalue weighted by atomic mass is 10.1. The van der Waals surface area contributed by atoms with Gasteiger partial charge in [0.1, 0.15) is 19.3 Å². The van der Waals surface area contributed by atoms with Gasteiger partial charge in [0.2, 0.25) is 0 Å². The van der Waals surface area contributed by atoms with Crippen LogP contribution in [-0.4, -0.2) is 42.0 Å². The summed E-state index contributed by atoms with van der Waals surface area (Å²) in [5, 5.41) is 22.0. The largest absolute Gasteiger partial charge is 0.486 e. The van der Waals surface area contributed by atoms with Gasteiger partial charge in [-0.05, 0) is 37.1 Å². The number of benzene rings is 1. The fourth-order valence-corrected chi connectivity index (χ4v) is 2.23. The van der Waals surface area contributed by atoms with Crippen LogP contribution in [0.3, 0.4) is 0 Å². The molecule has 1 aliphatic heterocycles. The fraction of sp³-hybridized carbons (Fsp3) is 0.533. The first-order valence-corrected chi connectivity index (χ1v) is 7.15. The van der Waals surface area contributed by atoms with Gasteiger partial charge in [0.25, 0.3) is 0 Å². The molecular weight excluding hydrogens is 274 g/mol. The molecule has 1 heterocycles. The molecule has 0 aliphatic carbocycles. The van der Waals surface area contributed by atoms with E-state index in [0.717, 1.165) is 5.56 Å². The highest BCUT2D eigenvalue weighted by Gasteiger charge is 2.17. The number of rotatable bonds is 7. The van der Waals surface area contributed by atoms with Crippen molar-refractivity contribution >= 4 is 5.97 Å². The Morgan fingerprint density at radius 3 is 2.71 bits per heavy atom. The lowest BCUT2D eigenvalue weighted by Crippen LogP contribution is -2.37. The van der Waals surface area contributed by atoms with E-state index in [2.05, 4.69) is 5.32 Å². The second-order valence-electron chi connectivity index (χ2n) is 4.96. The molecule has 2 unspecified atom stereocenters. The summed E-state index contributed by atoms with van der Waals surface area (Å²) in [7, 11) is 0. The summed E-state index contributed by atoms with van der Waals surface area (Å²) in [6.45, 7) is 3.28. The summed E-state index contributed by atoms with van der Waals surface area (Å²) < 4.78 is 10.9. The molecule has 116 valence electrons. The van der Waals surface area contributed by atoms with Gasteiger partial charge in [-0.25, -0.2) is 0 Å². The first-order chi connectivity index (χ1) is 10.1. The van der Waals surface area contributed by atoms with E-state index < -0.39 is 18.1 Å². The number of nitrogens with one attached hydrogen (secondary N) is 1. The number of carboxylic acid groups (broad SMARTS) is 1. The Labute approximate surface area is 123 Å². The molecule has 0 aromatic heterocycles. The SMILES string of the molecule is CCC(NCCC(O)c1ccc2c(c1)OCCO2)C(=O)O. The third-order valence-electron chi connectivity index (χ3n) is 3.47. The highest BCUT2D eigenvalue weighted by molar-refractivity contribution is 5.73. The predicted molar refractivity (Wildman–Crippen MR) is 76.7 cm³/mol. The van der Waals surface area contributed by atoms with Crippen molar-refractivity contribution < 1.29 is 24.5 Å². The minimum absolute atomic E-state index is 0.431. The number of hydrogen-bond donors (Lipinski definition) is 3. The number of ether oxygens (including phenoxy) is 2. The zero-order chi connectivity index (χ0) is 15.2. The Hall–Kier alpha value is -1.79. The van der Waals surface area contributed by atoms with E-state index in [4.69, 9.17) is 14.6 Å². The van der Waals surface area contributed by atoms with Gasteiger partial charge in [0.05, 0.1) is 6.10 Å². The van der Waals surface area contributed by atoms with Gasteiger partial charge in [-0.15, -0.1) is 0 Å². The zero-order valence-electron chi connectivity index (χ0n) is 12.0. The van der Waals surface area contributed by atoms with Gasteiger partial charge < -0.3 is 25.0 Å². The number of aliphatic hydroxyl groups is 1. The third kappa shape index (κ3) is 4.09. The van der Waals surface area contributed by atoms with Crippen molar-refractivity contribution in [3.63, 3.8) is 0 Å². The third-order valence-corrected chi connectivity index (χ3v) is 3.47. The van der Waals surface area contributed by atoms with E-state index in [1.54, 1.807) is 18.2 Å². The number of carboxylic acids is 1. The maximum absolute atomic E-state index is 10.9. The van der Waals surface area contributed by atoms with E-state index in [0.29, 0.717) is 44.1 Å². The van der Waals surface area contributed by atoms with Crippen LogP contribution >= 0.6 is 0 Å². The molecule has 6 heteroatoms. The Morgan fingerprint density at radius 2 is 2.05 bits per heavy atom. The minimum Gasteiger partial charge on any atom is -0.486 e. The van der Waals surface area contributed by atoms with Crippen LogP contribution in [0.5, 0.6) is 11.5 Å². The van der Waals surface area contributed by atoms with Gasteiger partial charge in [-0.1, -0.05) is 13.0 Å². The van der Waals surface area contributed by atoms with Gasteiger partial charge in [-0.3, -0.25) is 4.79 Å². The number of aliphatic hydroxyl groups excluding tert-OH is 1. The minimum atomic E-state index is -0.869. The molecule has 0 saturated heterocycles. The van der Waals surface area contributed by atoms with E-state index in [1.807, 2.05) is 6.92 Å². The summed E-state index contributed by atoms with van der Waals surface area (Å²) in [6, 6.07) is 4.78. The van der Waals surface area contributed by atoms with E-state index in [1.165, 1.54) is 0 Å². The average molecular weight is 295 g/mol. The second-order valence-corrected chi connectivity index (χ2v) is 4.96. The lowest BCUT2D eigenvalue weighted by Gasteiger charge is -2.20. The van der Waals surface area contributed by atoms with Crippen molar-refractivity contribution in [1.29, 1.82) is 0 Å². The van der Waals surface area contributed by atoms with Crippen molar-refractivity contribution in [3.05, 3.63) is 23.8 Å². The van der Waals surface area contributed by atoms with Crippen molar-refractivity contribution in [2.75, 3.05) is 19.8 Å². The van der Waals surface area contributed by atoms with E-state index in [9.17, 15) is 9.90 Å². The molecule has 21 heavy (non-hydrogen) atoms. The Morgan fingerprint density at radius 1 is 1.33 bits per heavy atom. The lowest BCUT2D eigenvalue weighted by molar-refractivity contribution is -0.139. The molecule has 0 spiro atoms. The highest BCUT2D eigenvalue weighted by Crippen LogP contribution is 2.33. The van der Waals surface area contributed by atoms with Gasteiger partial charge in [0, 0.05) is 0 Å². The van der Waals surface area contributed by atoms with Crippen LogP contribution in [0, 0.1) is 0 Å². The number of carbonyl (C=O) groups is 1. The highest BCUT2D eigenvalue weighted by atomic mass is 16.6. The molecule has 2 rings (SSSR count). The molecule has 1 aromatic rings. The summed E-state index contributed by atoms with van der Waals surface area (Å²) in [5.41, 5.74) is 0.740. The normalized spacial score (nSPS) is 16.3. The van der Waals surface area contributed by atoms with Crippen LogP contribution in [0.4, 0.5) is 0 Å². The van der Waals surface area contributed by atoms with Crippen LogP contribution in [0.1, 0.15) is 31.4 Å².